The fourth-order valence-electron chi connectivity index (χ4n) is 5.17. The van der Waals surface area contributed by atoms with Crippen LogP contribution in [0.2, 0.25) is 0 Å². The minimum Gasteiger partial charge on any atom is -0.388 e. The van der Waals surface area contributed by atoms with Crippen molar-refractivity contribution in [3.63, 3.8) is 0 Å². The topological polar surface area (TPSA) is 127 Å². The fraction of sp³-hybridized carbons (Fsp3) is 0.308. The Morgan fingerprint density at radius 2 is 2.05 bits per heavy atom. The standard InChI is InChI=1S/C26H23FN6O4/c1-13-16(10-32(2)31-13)15-4-3-5-17(27)22(15)23-19(9-28)33-7-6-14(8-21(33)30-23)26(35)29-18-11-36-25-20(34)12-37-24(18)25/h3-8,10,18,20,24-25,34H,11-12H2,1-2H3,(H,29,35)/t18-,20-,24+,25+/m0/s1. The summed E-state index contributed by atoms with van der Waals surface area (Å²) < 4.78 is 29.6. The van der Waals surface area contributed by atoms with Crippen molar-refractivity contribution in [3.05, 3.63) is 65.5 Å². The van der Waals surface area contributed by atoms with Crippen LogP contribution in [0.5, 0.6) is 0 Å². The number of aliphatic hydroxyl groups excluding tert-OH is 1. The number of halogens is 1. The zero-order chi connectivity index (χ0) is 25.8. The molecule has 10 nitrogen and oxygen atoms in total. The Morgan fingerprint density at radius 1 is 1.24 bits per heavy atom. The Bertz CT molecular complexity index is 1590. The van der Waals surface area contributed by atoms with E-state index in [1.807, 2.05) is 6.92 Å². The monoisotopic (exact) mass is 502 g/mol. The van der Waals surface area contributed by atoms with Gasteiger partial charge in [-0.15, -0.1) is 0 Å². The molecule has 0 bridgehead atoms. The van der Waals surface area contributed by atoms with E-state index in [-0.39, 0.29) is 36.1 Å². The molecule has 188 valence electrons. The highest BCUT2D eigenvalue weighted by Crippen LogP contribution is 2.37. The molecule has 2 saturated heterocycles. The number of nitriles is 1. The molecule has 0 radical (unpaired) electrons. The Morgan fingerprint density at radius 3 is 2.81 bits per heavy atom. The van der Waals surface area contributed by atoms with E-state index in [0.717, 1.165) is 5.56 Å². The van der Waals surface area contributed by atoms with Crippen molar-refractivity contribution in [1.29, 1.82) is 5.26 Å². The molecular weight excluding hydrogens is 479 g/mol. The van der Waals surface area contributed by atoms with E-state index >= 15 is 4.39 Å². The van der Waals surface area contributed by atoms with Gasteiger partial charge in [0.2, 0.25) is 0 Å². The number of carbonyl (C=O) groups excluding carboxylic acids is 1. The number of ether oxygens (including phenoxy) is 2. The van der Waals surface area contributed by atoms with E-state index in [1.54, 1.807) is 48.4 Å². The van der Waals surface area contributed by atoms with Crippen LogP contribution in [0.3, 0.4) is 0 Å². The molecule has 5 heterocycles. The SMILES string of the molecule is Cc1nn(C)cc1-c1cccc(F)c1-c1nc2cc(C(=O)N[C@H]3CO[C@H]4[C@@H]3OC[C@@H]4O)ccn2c1C#N. The lowest BCUT2D eigenvalue weighted by Crippen LogP contribution is -2.44. The molecule has 11 heteroatoms. The number of imidazole rings is 1. The van der Waals surface area contributed by atoms with Gasteiger partial charge in [-0.1, -0.05) is 12.1 Å². The molecule has 0 aliphatic carbocycles. The van der Waals surface area contributed by atoms with Gasteiger partial charge >= 0.3 is 0 Å². The Labute approximate surface area is 210 Å². The number of pyridine rings is 1. The molecule has 0 spiro atoms. The van der Waals surface area contributed by atoms with Gasteiger partial charge in [0.05, 0.1) is 24.9 Å². The molecule has 4 aromatic rings. The van der Waals surface area contributed by atoms with Crippen molar-refractivity contribution < 1.29 is 23.8 Å². The van der Waals surface area contributed by atoms with Crippen molar-refractivity contribution in [2.75, 3.05) is 13.2 Å². The normalized spacial score (nSPS) is 22.8. The lowest BCUT2D eigenvalue weighted by atomic mass is 9.97. The smallest absolute Gasteiger partial charge is 0.251 e. The highest BCUT2D eigenvalue weighted by Gasteiger charge is 2.47. The first kappa shape index (κ1) is 23.3. The number of fused-ring (bicyclic) bond motifs is 2. The molecule has 6 rings (SSSR count). The Balaban J connectivity index is 1.38. The van der Waals surface area contributed by atoms with Crippen molar-refractivity contribution in [3.8, 4) is 28.5 Å². The molecule has 4 atom stereocenters. The highest BCUT2D eigenvalue weighted by molar-refractivity contribution is 5.95. The molecule has 2 N–H and O–H groups in total. The maximum atomic E-state index is 15.3. The second-order valence-corrected chi connectivity index (χ2v) is 9.27. The zero-order valence-electron chi connectivity index (χ0n) is 20.1. The number of nitrogens with one attached hydrogen (secondary N) is 1. The van der Waals surface area contributed by atoms with Gasteiger partial charge in [-0.2, -0.15) is 10.4 Å². The van der Waals surface area contributed by atoms with Crippen LogP contribution in [0, 0.1) is 24.1 Å². The van der Waals surface area contributed by atoms with Gasteiger partial charge < -0.3 is 19.9 Å². The fourth-order valence-corrected chi connectivity index (χ4v) is 5.17. The van der Waals surface area contributed by atoms with Gasteiger partial charge in [0, 0.05) is 36.1 Å². The second kappa shape index (κ2) is 8.77. The van der Waals surface area contributed by atoms with Crippen LogP contribution >= 0.6 is 0 Å². The maximum absolute atomic E-state index is 15.3. The van der Waals surface area contributed by atoms with Gasteiger partial charge in [-0.05, 0) is 30.7 Å². The molecule has 0 saturated carbocycles. The van der Waals surface area contributed by atoms with Gasteiger partial charge in [-0.25, -0.2) is 9.37 Å². The number of rotatable bonds is 4. The maximum Gasteiger partial charge on any atom is 0.251 e. The number of aromatic nitrogens is 4. The van der Waals surface area contributed by atoms with E-state index in [2.05, 4.69) is 21.5 Å². The third-order valence-corrected chi connectivity index (χ3v) is 6.89. The van der Waals surface area contributed by atoms with Crippen LogP contribution in [0.15, 0.2) is 42.7 Å². The largest absolute Gasteiger partial charge is 0.388 e. The third-order valence-electron chi connectivity index (χ3n) is 6.89. The highest BCUT2D eigenvalue weighted by atomic mass is 19.1. The summed E-state index contributed by atoms with van der Waals surface area (Å²) in [6, 6.07) is 9.55. The molecule has 1 aromatic carbocycles. The van der Waals surface area contributed by atoms with Crippen molar-refractivity contribution in [2.45, 2.75) is 31.3 Å². The van der Waals surface area contributed by atoms with Crippen LogP contribution < -0.4 is 5.32 Å². The van der Waals surface area contributed by atoms with Crippen LogP contribution in [-0.2, 0) is 16.5 Å². The van der Waals surface area contributed by atoms with Crippen LogP contribution in [0.4, 0.5) is 4.39 Å². The van der Waals surface area contributed by atoms with Gasteiger partial charge in [0.1, 0.15) is 41.5 Å². The Kier molecular flexibility index (Phi) is 5.52. The van der Waals surface area contributed by atoms with Crippen molar-refractivity contribution >= 4 is 11.6 Å². The lowest BCUT2D eigenvalue weighted by Gasteiger charge is -2.17. The molecule has 2 aliphatic rings. The molecule has 0 unspecified atom stereocenters. The lowest BCUT2D eigenvalue weighted by molar-refractivity contribution is 0.0178. The van der Waals surface area contributed by atoms with E-state index in [9.17, 15) is 15.2 Å². The first-order valence-electron chi connectivity index (χ1n) is 11.8. The average Bonchev–Trinajstić information content (AvgIpc) is 3.63. The van der Waals surface area contributed by atoms with Crippen molar-refractivity contribution in [1.82, 2.24) is 24.5 Å². The predicted molar refractivity (Wildman–Crippen MR) is 129 cm³/mol. The summed E-state index contributed by atoms with van der Waals surface area (Å²) in [5, 5.41) is 27.2. The van der Waals surface area contributed by atoms with Crippen LogP contribution in [0.1, 0.15) is 21.7 Å². The second-order valence-electron chi connectivity index (χ2n) is 9.27. The molecule has 2 fully saturated rings. The molecule has 1 amide bonds. The summed E-state index contributed by atoms with van der Waals surface area (Å²) in [5.41, 5.74) is 3.17. The number of carbonyl (C=O) groups is 1. The number of nitrogens with zero attached hydrogens (tertiary/aromatic N) is 5. The Hall–Kier alpha value is -4.11. The van der Waals surface area contributed by atoms with Crippen molar-refractivity contribution in [2.24, 2.45) is 7.05 Å². The summed E-state index contributed by atoms with van der Waals surface area (Å²) in [6.07, 6.45) is 1.77. The summed E-state index contributed by atoms with van der Waals surface area (Å²) in [4.78, 5) is 17.6. The quantitative estimate of drug-likeness (QED) is 0.437. The summed E-state index contributed by atoms with van der Waals surface area (Å²) >= 11 is 0. The minimum atomic E-state index is -0.713. The minimum absolute atomic E-state index is 0.148. The average molecular weight is 503 g/mol. The molecule has 3 aromatic heterocycles. The number of hydrogen-bond donors (Lipinski definition) is 2. The van der Waals surface area contributed by atoms with Gasteiger partial charge in [-0.3, -0.25) is 13.9 Å². The van der Waals surface area contributed by atoms with E-state index < -0.39 is 30.2 Å². The molecular formula is C26H23FN6O4. The zero-order valence-corrected chi connectivity index (χ0v) is 20.1. The number of hydrogen-bond acceptors (Lipinski definition) is 7. The van der Waals surface area contributed by atoms with E-state index in [0.29, 0.717) is 22.5 Å². The van der Waals surface area contributed by atoms with Gasteiger partial charge in [0.15, 0.2) is 5.69 Å². The number of amides is 1. The summed E-state index contributed by atoms with van der Waals surface area (Å²) in [6.45, 7) is 2.23. The summed E-state index contributed by atoms with van der Waals surface area (Å²) in [7, 11) is 1.78. The predicted octanol–water partition coefficient (Wildman–Crippen LogP) is 1.98. The van der Waals surface area contributed by atoms with Crippen LogP contribution in [0.25, 0.3) is 28.0 Å². The number of aryl methyl sites for hydroxylation is 2. The molecule has 37 heavy (non-hydrogen) atoms. The van der Waals surface area contributed by atoms with Gasteiger partial charge in [0.25, 0.3) is 5.91 Å². The first-order chi connectivity index (χ1) is 17.9. The first-order valence-corrected chi connectivity index (χ1v) is 11.8. The number of aliphatic hydroxyl groups is 1. The van der Waals surface area contributed by atoms with Crippen LogP contribution in [-0.4, -0.2) is 67.7 Å². The molecule has 2 aliphatic heterocycles. The summed E-state index contributed by atoms with van der Waals surface area (Å²) in [5.74, 6) is -0.893. The van der Waals surface area contributed by atoms with E-state index in [1.165, 1.54) is 10.5 Å². The third kappa shape index (κ3) is 3.77. The van der Waals surface area contributed by atoms with E-state index in [4.69, 9.17) is 9.47 Å². The number of benzene rings is 1.